The SMILES string of the molecule is Cc1c(F)cccc1-n1ccn(CC(N)=O)c(=O)c1=O. The highest BCUT2D eigenvalue weighted by molar-refractivity contribution is 5.73. The lowest BCUT2D eigenvalue weighted by Crippen LogP contribution is -2.42. The van der Waals surface area contributed by atoms with Gasteiger partial charge in [-0.25, -0.2) is 4.39 Å². The molecule has 1 aromatic heterocycles. The number of nitrogens with two attached hydrogens (primary N) is 1. The molecule has 2 rings (SSSR count). The molecule has 104 valence electrons. The third kappa shape index (κ3) is 2.37. The molecule has 0 spiro atoms. The topological polar surface area (TPSA) is 87.1 Å². The zero-order chi connectivity index (χ0) is 14.9. The average Bonchev–Trinajstić information content (AvgIpc) is 2.39. The third-order valence-electron chi connectivity index (χ3n) is 2.88. The Labute approximate surface area is 112 Å². The summed E-state index contributed by atoms with van der Waals surface area (Å²) in [6.45, 7) is 1.13. The van der Waals surface area contributed by atoms with Crippen molar-refractivity contribution in [2.24, 2.45) is 5.73 Å². The molecule has 0 aliphatic carbocycles. The lowest BCUT2D eigenvalue weighted by atomic mass is 10.2. The largest absolute Gasteiger partial charge is 0.368 e. The van der Waals surface area contributed by atoms with E-state index in [0.29, 0.717) is 0 Å². The van der Waals surface area contributed by atoms with Gasteiger partial charge in [0.1, 0.15) is 12.4 Å². The molecule has 0 unspecified atom stereocenters. The first-order valence-corrected chi connectivity index (χ1v) is 5.77. The van der Waals surface area contributed by atoms with E-state index in [0.717, 1.165) is 9.13 Å². The Bertz CT molecular complexity index is 792. The van der Waals surface area contributed by atoms with E-state index in [1.54, 1.807) is 0 Å². The minimum atomic E-state index is -0.894. The van der Waals surface area contributed by atoms with Crippen LogP contribution in [0.4, 0.5) is 4.39 Å². The van der Waals surface area contributed by atoms with Gasteiger partial charge in [0.05, 0.1) is 5.69 Å². The molecule has 2 aromatic rings. The van der Waals surface area contributed by atoms with E-state index < -0.39 is 22.8 Å². The summed E-state index contributed by atoms with van der Waals surface area (Å²) >= 11 is 0. The Balaban J connectivity index is 2.64. The van der Waals surface area contributed by atoms with Gasteiger partial charge in [0.15, 0.2) is 0 Å². The van der Waals surface area contributed by atoms with Gasteiger partial charge in [-0.15, -0.1) is 0 Å². The number of aromatic nitrogens is 2. The zero-order valence-corrected chi connectivity index (χ0v) is 10.7. The average molecular weight is 277 g/mol. The van der Waals surface area contributed by atoms with Crippen molar-refractivity contribution in [3.8, 4) is 5.69 Å². The molecule has 0 aliphatic rings. The quantitative estimate of drug-likeness (QED) is 0.797. The first kappa shape index (κ1) is 13.7. The van der Waals surface area contributed by atoms with Gasteiger partial charge < -0.3 is 5.73 Å². The van der Waals surface area contributed by atoms with Crippen LogP contribution in [0.1, 0.15) is 5.56 Å². The number of carbonyl (C=O) groups excluding carboxylic acids is 1. The van der Waals surface area contributed by atoms with Gasteiger partial charge in [-0.2, -0.15) is 0 Å². The molecule has 1 aromatic carbocycles. The summed E-state index contributed by atoms with van der Waals surface area (Å²) in [7, 11) is 0. The molecular formula is C13H12FN3O3. The van der Waals surface area contributed by atoms with Gasteiger partial charge in [0.25, 0.3) is 0 Å². The molecule has 0 saturated heterocycles. The molecule has 2 N–H and O–H groups in total. The van der Waals surface area contributed by atoms with Crippen LogP contribution in [-0.4, -0.2) is 15.0 Å². The second-order valence-corrected chi connectivity index (χ2v) is 4.26. The van der Waals surface area contributed by atoms with Crippen molar-refractivity contribution in [3.63, 3.8) is 0 Å². The molecule has 0 fully saturated rings. The molecule has 0 saturated carbocycles. The van der Waals surface area contributed by atoms with Crippen LogP contribution in [0.25, 0.3) is 5.69 Å². The van der Waals surface area contributed by atoms with Crippen molar-refractivity contribution >= 4 is 5.91 Å². The molecule has 0 radical (unpaired) electrons. The normalized spacial score (nSPS) is 10.5. The summed E-state index contributed by atoms with van der Waals surface area (Å²) in [5, 5.41) is 0. The minimum absolute atomic E-state index is 0.252. The van der Waals surface area contributed by atoms with E-state index in [1.165, 1.54) is 37.5 Å². The lowest BCUT2D eigenvalue weighted by molar-refractivity contribution is -0.118. The van der Waals surface area contributed by atoms with Gasteiger partial charge in [-0.05, 0) is 19.1 Å². The fourth-order valence-electron chi connectivity index (χ4n) is 1.85. The van der Waals surface area contributed by atoms with Crippen LogP contribution in [0, 0.1) is 12.7 Å². The predicted molar refractivity (Wildman–Crippen MR) is 70.2 cm³/mol. The van der Waals surface area contributed by atoms with E-state index >= 15 is 0 Å². The van der Waals surface area contributed by atoms with Crippen LogP contribution in [0.3, 0.4) is 0 Å². The highest BCUT2D eigenvalue weighted by Gasteiger charge is 2.11. The van der Waals surface area contributed by atoms with Crippen LogP contribution in [0.2, 0.25) is 0 Å². The van der Waals surface area contributed by atoms with E-state index in [9.17, 15) is 18.8 Å². The minimum Gasteiger partial charge on any atom is -0.368 e. The van der Waals surface area contributed by atoms with Crippen molar-refractivity contribution < 1.29 is 9.18 Å². The second-order valence-electron chi connectivity index (χ2n) is 4.26. The number of benzene rings is 1. The van der Waals surface area contributed by atoms with Gasteiger partial charge in [-0.1, -0.05) is 6.07 Å². The maximum atomic E-state index is 13.5. The van der Waals surface area contributed by atoms with Crippen LogP contribution in [0.15, 0.2) is 40.2 Å². The summed E-state index contributed by atoms with van der Waals surface area (Å²) in [6, 6.07) is 4.23. The smallest absolute Gasteiger partial charge is 0.320 e. The monoisotopic (exact) mass is 277 g/mol. The molecule has 1 heterocycles. The Morgan fingerprint density at radius 2 is 1.95 bits per heavy atom. The first-order valence-electron chi connectivity index (χ1n) is 5.77. The van der Waals surface area contributed by atoms with Crippen LogP contribution in [-0.2, 0) is 11.3 Å². The number of halogens is 1. The number of hydrogen-bond donors (Lipinski definition) is 1. The molecule has 0 aliphatic heterocycles. The van der Waals surface area contributed by atoms with Crippen molar-refractivity contribution in [1.29, 1.82) is 0 Å². The molecular weight excluding hydrogens is 265 g/mol. The van der Waals surface area contributed by atoms with Gasteiger partial charge in [0, 0.05) is 18.0 Å². The fraction of sp³-hybridized carbons (Fsp3) is 0.154. The number of rotatable bonds is 3. The van der Waals surface area contributed by atoms with Crippen LogP contribution < -0.4 is 16.9 Å². The fourth-order valence-corrected chi connectivity index (χ4v) is 1.85. The van der Waals surface area contributed by atoms with Crippen molar-refractivity contribution in [1.82, 2.24) is 9.13 Å². The summed E-state index contributed by atoms with van der Waals surface area (Å²) in [4.78, 5) is 34.6. The van der Waals surface area contributed by atoms with Gasteiger partial charge >= 0.3 is 11.1 Å². The third-order valence-corrected chi connectivity index (χ3v) is 2.88. The number of hydrogen-bond acceptors (Lipinski definition) is 3. The lowest BCUT2D eigenvalue weighted by Gasteiger charge is -2.10. The van der Waals surface area contributed by atoms with Crippen molar-refractivity contribution in [2.45, 2.75) is 13.5 Å². The standard InChI is InChI=1S/C13H12FN3O3/c1-8-9(14)3-2-4-10(8)17-6-5-16(7-11(15)18)12(19)13(17)20/h2-6H,7H2,1H3,(H2,15,18). The maximum absolute atomic E-state index is 13.5. The number of nitrogens with zero attached hydrogens (tertiary/aromatic N) is 2. The van der Waals surface area contributed by atoms with Gasteiger partial charge in [0.2, 0.25) is 5.91 Å². The Hall–Kier alpha value is -2.70. The number of amides is 1. The molecule has 20 heavy (non-hydrogen) atoms. The predicted octanol–water partition coefficient (Wildman–Crippen LogP) is -0.0680. The molecule has 0 atom stereocenters. The van der Waals surface area contributed by atoms with Crippen molar-refractivity contribution in [2.75, 3.05) is 0 Å². The highest BCUT2D eigenvalue weighted by atomic mass is 19.1. The second kappa shape index (κ2) is 5.12. The Kier molecular flexibility index (Phi) is 3.51. The van der Waals surface area contributed by atoms with E-state index in [2.05, 4.69) is 0 Å². The Morgan fingerprint density at radius 1 is 1.25 bits per heavy atom. The number of carbonyl (C=O) groups is 1. The van der Waals surface area contributed by atoms with Crippen molar-refractivity contribution in [3.05, 3.63) is 62.7 Å². The molecule has 6 nitrogen and oxygen atoms in total. The summed E-state index contributed by atoms with van der Waals surface area (Å²) in [6.07, 6.45) is 2.56. The Morgan fingerprint density at radius 3 is 2.60 bits per heavy atom. The first-order chi connectivity index (χ1) is 9.41. The summed E-state index contributed by atoms with van der Waals surface area (Å²) in [5.41, 5.74) is 3.74. The van der Waals surface area contributed by atoms with E-state index in [-0.39, 0.29) is 17.8 Å². The number of primary amides is 1. The molecule has 0 bridgehead atoms. The van der Waals surface area contributed by atoms with Gasteiger partial charge in [-0.3, -0.25) is 23.5 Å². The summed E-state index contributed by atoms with van der Waals surface area (Å²) in [5.74, 6) is -1.21. The van der Waals surface area contributed by atoms with Crippen LogP contribution in [0.5, 0.6) is 0 Å². The van der Waals surface area contributed by atoms with Crippen LogP contribution >= 0.6 is 0 Å². The molecule has 1 amide bonds. The summed E-state index contributed by atoms with van der Waals surface area (Å²) < 4.78 is 15.4. The maximum Gasteiger partial charge on any atom is 0.320 e. The van der Waals surface area contributed by atoms with E-state index in [1.807, 2.05) is 0 Å². The van der Waals surface area contributed by atoms with E-state index in [4.69, 9.17) is 5.73 Å². The zero-order valence-electron chi connectivity index (χ0n) is 10.7. The highest BCUT2D eigenvalue weighted by Crippen LogP contribution is 2.14. The molecule has 7 heteroatoms.